The Morgan fingerprint density at radius 2 is 2.18 bits per heavy atom. The van der Waals surface area contributed by atoms with Gasteiger partial charge < -0.3 is 5.32 Å². The molecule has 1 nitrogen and oxygen atoms in total. The first-order chi connectivity index (χ1) is 5.34. The van der Waals surface area contributed by atoms with Crippen molar-refractivity contribution in [3.05, 3.63) is 0 Å². The van der Waals surface area contributed by atoms with Crippen molar-refractivity contribution in [1.29, 1.82) is 0 Å². The summed E-state index contributed by atoms with van der Waals surface area (Å²) in [6, 6.07) is 0. The predicted molar refractivity (Wildman–Crippen MR) is 49.7 cm³/mol. The Morgan fingerprint density at radius 3 is 2.73 bits per heavy atom. The van der Waals surface area contributed by atoms with Gasteiger partial charge in [-0.3, -0.25) is 0 Å². The molecule has 1 unspecified atom stereocenters. The minimum Gasteiger partial charge on any atom is -0.320 e. The van der Waals surface area contributed by atoms with Gasteiger partial charge in [-0.15, -0.1) is 0 Å². The van der Waals surface area contributed by atoms with Crippen molar-refractivity contribution in [1.82, 2.24) is 5.32 Å². The lowest BCUT2D eigenvalue weighted by Gasteiger charge is -2.14. The lowest BCUT2D eigenvalue weighted by molar-refractivity contribution is 0.380. The van der Waals surface area contributed by atoms with E-state index in [2.05, 4.69) is 12.2 Å². The molecule has 2 atom stereocenters. The summed E-state index contributed by atoms with van der Waals surface area (Å²) in [7, 11) is 2.04. The van der Waals surface area contributed by atoms with E-state index in [1.54, 1.807) is 0 Å². The van der Waals surface area contributed by atoms with Gasteiger partial charge in [0, 0.05) is 0 Å². The first-order valence-corrected chi connectivity index (χ1v) is 4.99. The molecule has 1 N–H and O–H groups in total. The fraction of sp³-hybridized carbons (Fsp3) is 1.00. The maximum Gasteiger partial charge on any atom is -0.00518 e. The molecule has 11 heavy (non-hydrogen) atoms. The molecule has 1 aliphatic rings. The molecule has 1 heteroatoms. The van der Waals surface area contributed by atoms with E-state index in [4.69, 9.17) is 0 Å². The van der Waals surface area contributed by atoms with Crippen molar-refractivity contribution in [3.8, 4) is 0 Å². The van der Waals surface area contributed by atoms with Gasteiger partial charge >= 0.3 is 0 Å². The molecule has 0 saturated heterocycles. The van der Waals surface area contributed by atoms with E-state index in [0.29, 0.717) is 0 Å². The molecular formula is C10H21N. The fourth-order valence-corrected chi connectivity index (χ4v) is 2.19. The Hall–Kier alpha value is -0.0400. The molecule has 0 amide bonds. The van der Waals surface area contributed by atoms with Crippen LogP contribution in [0.4, 0.5) is 0 Å². The normalized spacial score (nSPS) is 31.1. The Balaban J connectivity index is 2.05. The SMILES string of the molecule is CNCCC[C@@H]1CCCC1C. The smallest absolute Gasteiger partial charge is 0.00518 e. The van der Waals surface area contributed by atoms with Gasteiger partial charge in [0.2, 0.25) is 0 Å². The van der Waals surface area contributed by atoms with Gasteiger partial charge in [0.1, 0.15) is 0 Å². The first-order valence-electron chi connectivity index (χ1n) is 4.99. The molecule has 1 saturated carbocycles. The molecule has 0 bridgehead atoms. The Morgan fingerprint density at radius 1 is 1.36 bits per heavy atom. The predicted octanol–water partition coefficient (Wildman–Crippen LogP) is 2.42. The summed E-state index contributed by atoms with van der Waals surface area (Å²) in [5.41, 5.74) is 0. The third kappa shape index (κ3) is 2.82. The Labute approximate surface area is 70.6 Å². The second kappa shape index (κ2) is 4.76. The summed E-state index contributed by atoms with van der Waals surface area (Å²) in [5.74, 6) is 2.05. The van der Waals surface area contributed by atoms with Gasteiger partial charge in [-0.25, -0.2) is 0 Å². The van der Waals surface area contributed by atoms with Crippen LogP contribution in [0.3, 0.4) is 0 Å². The van der Waals surface area contributed by atoms with E-state index in [9.17, 15) is 0 Å². The van der Waals surface area contributed by atoms with Crippen molar-refractivity contribution >= 4 is 0 Å². The first kappa shape index (κ1) is 9.05. The van der Waals surface area contributed by atoms with Gasteiger partial charge in [-0.2, -0.15) is 0 Å². The number of hydrogen-bond acceptors (Lipinski definition) is 1. The summed E-state index contributed by atoms with van der Waals surface area (Å²) in [6.45, 7) is 3.61. The maximum absolute atomic E-state index is 3.21. The molecule has 1 rings (SSSR count). The zero-order valence-corrected chi connectivity index (χ0v) is 7.90. The minimum atomic E-state index is 1.01. The monoisotopic (exact) mass is 155 g/mol. The molecule has 0 aromatic heterocycles. The van der Waals surface area contributed by atoms with Crippen molar-refractivity contribution in [2.75, 3.05) is 13.6 Å². The van der Waals surface area contributed by atoms with Crippen molar-refractivity contribution in [2.45, 2.75) is 39.0 Å². The lowest BCUT2D eigenvalue weighted by Crippen LogP contribution is -2.11. The maximum atomic E-state index is 3.21. The number of nitrogens with one attached hydrogen (secondary N) is 1. The van der Waals surface area contributed by atoms with E-state index in [1.165, 1.54) is 38.6 Å². The highest BCUT2D eigenvalue weighted by atomic mass is 14.8. The third-order valence-corrected chi connectivity index (χ3v) is 3.04. The molecule has 0 heterocycles. The molecule has 0 aromatic carbocycles. The molecule has 0 radical (unpaired) electrons. The summed E-state index contributed by atoms with van der Waals surface area (Å²) >= 11 is 0. The fourth-order valence-electron chi connectivity index (χ4n) is 2.19. The highest BCUT2D eigenvalue weighted by Gasteiger charge is 2.22. The summed E-state index contributed by atoms with van der Waals surface area (Å²) in [4.78, 5) is 0. The topological polar surface area (TPSA) is 12.0 Å². The van der Waals surface area contributed by atoms with E-state index in [1.807, 2.05) is 7.05 Å². The standard InChI is InChI=1S/C10H21N/c1-9-5-3-6-10(9)7-4-8-11-2/h9-11H,3-8H2,1-2H3/t9?,10-/m0/s1. The van der Waals surface area contributed by atoms with Crippen molar-refractivity contribution in [3.63, 3.8) is 0 Å². The largest absolute Gasteiger partial charge is 0.320 e. The van der Waals surface area contributed by atoms with Crippen LogP contribution >= 0.6 is 0 Å². The van der Waals surface area contributed by atoms with Crippen LogP contribution in [0.5, 0.6) is 0 Å². The zero-order valence-electron chi connectivity index (χ0n) is 7.90. The molecule has 1 fully saturated rings. The van der Waals surface area contributed by atoms with Crippen LogP contribution in [0, 0.1) is 11.8 Å². The second-order valence-corrected chi connectivity index (χ2v) is 3.91. The molecule has 66 valence electrons. The van der Waals surface area contributed by atoms with Crippen LogP contribution in [-0.4, -0.2) is 13.6 Å². The van der Waals surface area contributed by atoms with Gasteiger partial charge in [0.25, 0.3) is 0 Å². The Bertz CT molecular complexity index is 101. The summed E-state index contributed by atoms with van der Waals surface area (Å²) < 4.78 is 0. The van der Waals surface area contributed by atoms with Gasteiger partial charge in [0.15, 0.2) is 0 Å². The van der Waals surface area contributed by atoms with Crippen LogP contribution in [0.2, 0.25) is 0 Å². The molecule has 0 aromatic rings. The van der Waals surface area contributed by atoms with E-state index >= 15 is 0 Å². The van der Waals surface area contributed by atoms with Gasteiger partial charge in [-0.05, 0) is 38.3 Å². The molecule has 0 spiro atoms. The van der Waals surface area contributed by atoms with Gasteiger partial charge in [0.05, 0.1) is 0 Å². The summed E-state index contributed by atoms with van der Waals surface area (Å²) in [6.07, 6.45) is 7.26. The number of rotatable bonds is 4. The van der Waals surface area contributed by atoms with E-state index < -0.39 is 0 Å². The average molecular weight is 155 g/mol. The lowest BCUT2D eigenvalue weighted by atomic mass is 9.93. The zero-order chi connectivity index (χ0) is 8.10. The van der Waals surface area contributed by atoms with E-state index in [-0.39, 0.29) is 0 Å². The van der Waals surface area contributed by atoms with Crippen LogP contribution in [0.1, 0.15) is 39.0 Å². The molecule has 0 aliphatic heterocycles. The highest BCUT2D eigenvalue weighted by molar-refractivity contribution is 4.73. The van der Waals surface area contributed by atoms with Gasteiger partial charge in [-0.1, -0.05) is 26.2 Å². The van der Waals surface area contributed by atoms with Crippen LogP contribution in [0.15, 0.2) is 0 Å². The average Bonchev–Trinajstić information content (AvgIpc) is 2.37. The van der Waals surface area contributed by atoms with Crippen LogP contribution in [0.25, 0.3) is 0 Å². The van der Waals surface area contributed by atoms with Crippen LogP contribution in [-0.2, 0) is 0 Å². The Kier molecular flexibility index (Phi) is 3.92. The molecule has 1 aliphatic carbocycles. The van der Waals surface area contributed by atoms with Crippen LogP contribution < -0.4 is 5.32 Å². The number of hydrogen-bond donors (Lipinski definition) is 1. The van der Waals surface area contributed by atoms with Crippen molar-refractivity contribution < 1.29 is 0 Å². The van der Waals surface area contributed by atoms with E-state index in [0.717, 1.165) is 11.8 Å². The quantitative estimate of drug-likeness (QED) is 0.615. The second-order valence-electron chi connectivity index (χ2n) is 3.91. The van der Waals surface area contributed by atoms with Crippen molar-refractivity contribution in [2.24, 2.45) is 11.8 Å². The highest BCUT2D eigenvalue weighted by Crippen LogP contribution is 2.33. The minimum absolute atomic E-state index is 1.01. The summed E-state index contributed by atoms with van der Waals surface area (Å²) in [5, 5.41) is 3.21. The molecular weight excluding hydrogens is 134 g/mol. The third-order valence-electron chi connectivity index (χ3n) is 3.04.